The molecule has 0 fully saturated rings. The maximum Gasteiger partial charge on any atom is 0.366 e. The Balaban J connectivity index is 2.10. The van der Waals surface area contributed by atoms with Gasteiger partial charge in [0.1, 0.15) is 5.56 Å². The van der Waals surface area contributed by atoms with Crippen molar-refractivity contribution in [2.24, 2.45) is 7.05 Å². The molecule has 3 aromatic rings. The molecular weight excluding hydrogens is 292 g/mol. The third-order valence-electron chi connectivity index (χ3n) is 3.69. The van der Waals surface area contributed by atoms with Crippen LogP contribution in [0.5, 0.6) is 0 Å². The molecule has 0 aliphatic carbocycles. The Hall–Kier alpha value is -3.08. The fraction of sp³-hybridized carbons (Fsp3) is 0.111. The van der Waals surface area contributed by atoms with Crippen molar-refractivity contribution in [2.45, 2.75) is 0 Å². The zero-order chi connectivity index (χ0) is 16.4. The third-order valence-corrected chi connectivity index (χ3v) is 3.69. The summed E-state index contributed by atoms with van der Waals surface area (Å²) in [5, 5.41) is 0. The second-order valence-electron chi connectivity index (χ2n) is 5.17. The van der Waals surface area contributed by atoms with E-state index < -0.39 is 5.63 Å². The molecule has 23 heavy (non-hydrogen) atoms. The van der Waals surface area contributed by atoms with E-state index >= 15 is 0 Å². The van der Waals surface area contributed by atoms with Crippen LogP contribution in [0.3, 0.4) is 0 Å². The minimum Gasteiger partial charge on any atom is -0.335 e. The first-order valence-corrected chi connectivity index (χ1v) is 7.18. The molecule has 5 nitrogen and oxygen atoms in total. The Morgan fingerprint density at radius 2 is 1.57 bits per heavy atom. The van der Waals surface area contributed by atoms with Gasteiger partial charge in [-0.3, -0.25) is 4.79 Å². The highest BCUT2D eigenvalue weighted by Crippen LogP contribution is 2.23. The smallest absolute Gasteiger partial charge is 0.335 e. The molecular formula is C18H16N2O3. The minimum absolute atomic E-state index is 0.229. The van der Waals surface area contributed by atoms with Gasteiger partial charge >= 0.3 is 5.63 Å². The average Bonchev–Trinajstić information content (AvgIpc) is 2.89. The predicted octanol–water partition coefficient (Wildman–Crippen LogP) is 2.92. The maximum absolute atomic E-state index is 12.9. The lowest BCUT2D eigenvalue weighted by molar-refractivity contribution is 0.0974. The summed E-state index contributed by atoms with van der Waals surface area (Å²) in [7, 11) is 3.23. The van der Waals surface area contributed by atoms with Crippen molar-refractivity contribution in [2.75, 3.05) is 11.9 Å². The van der Waals surface area contributed by atoms with Crippen molar-refractivity contribution >= 4 is 11.6 Å². The van der Waals surface area contributed by atoms with Gasteiger partial charge in [0, 0.05) is 19.8 Å². The zero-order valence-electron chi connectivity index (χ0n) is 12.9. The van der Waals surface area contributed by atoms with Crippen LogP contribution in [0.15, 0.2) is 70.0 Å². The van der Waals surface area contributed by atoms with Crippen LogP contribution in [0.4, 0.5) is 5.69 Å². The van der Waals surface area contributed by atoms with E-state index in [1.807, 2.05) is 48.5 Å². The first-order valence-electron chi connectivity index (χ1n) is 7.18. The van der Waals surface area contributed by atoms with Gasteiger partial charge in [0.15, 0.2) is 5.69 Å². The summed E-state index contributed by atoms with van der Waals surface area (Å²) in [6.07, 6.45) is 0. The van der Waals surface area contributed by atoms with Crippen molar-refractivity contribution in [3.8, 4) is 11.1 Å². The van der Waals surface area contributed by atoms with Crippen LogP contribution in [-0.2, 0) is 7.05 Å². The summed E-state index contributed by atoms with van der Waals surface area (Å²) in [5.41, 5.74) is 1.38. The number of carbonyl (C=O) groups excluding carboxylic acids is 1. The highest BCUT2D eigenvalue weighted by atomic mass is 16.5. The topological polar surface area (TPSA) is 55.5 Å². The summed E-state index contributed by atoms with van der Waals surface area (Å²) in [6, 6.07) is 18.3. The van der Waals surface area contributed by atoms with Crippen LogP contribution in [0, 0.1) is 0 Å². The van der Waals surface area contributed by atoms with Crippen molar-refractivity contribution < 1.29 is 9.32 Å². The van der Waals surface area contributed by atoms with E-state index in [9.17, 15) is 9.59 Å². The van der Waals surface area contributed by atoms with E-state index in [1.54, 1.807) is 26.2 Å². The molecule has 0 spiro atoms. The quantitative estimate of drug-likeness (QED) is 0.747. The molecule has 3 rings (SSSR count). The number of aromatic nitrogens is 1. The van der Waals surface area contributed by atoms with E-state index in [4.69, 9.17) is 4.52 Å². The lowest BCUT2D eigenvalue weighted by atomic mass is 10.1. The monoisotopic (exact) mass is 308 g/mol. The molecule has 0 aliphatic heterocycles. The van der Waals surface area contributed by atoms with Crippen molar-refractivity contribution in [1.29, 1.82) is 0 Å². The van der Waals surface area contributed by atoms with E-state index in [0.29, 0.717) is 5.56 Å². The highest BCUT2D eigenvalue weighted by molar-refractivity contribution is 6.08. The number of carbonyl (C=O) groups is 1. The molecule has 1 heterocycles. The molecule has 5 heteroatoms. The molecule has 0 radical (unpaired) electrons. The number of hydrogen-bond donors (Lipinski definition) is 0. The van der Waals surface area contributed by atoms with Crippen LogP contribution in [0.1, 0.15) is 10.5 Å². The number of nitrogens with zero attached hydrogens (tertiary/aromatic N) is 2. The lowest BCUT2D eigenvalue weighted by Gasteiger charge is -2.17. The number of aryl methyl sites for hydroxylation is 1. The molecule has 0 saturated heterocycles. The Bertz CT molecular complexity index is 880. The number of anilines is 1. The Morgan fingerprint density at radius 3 is 2.17 bits per heavy atom. The summed E-state index contributed by atoms with van der Waals surface area (Å²) in [5.74, 6) is -0.302. The molecule has 116 valence electrons. The molecule has 0 aliphatic rings. The zero-order valence-corrected chi connectivity index (χ0v) is 12.9. The van der Waals surface area contributed by atoms with Crippen molar-refractivity contribution in [3.63, 3.8) is 0 Å². The van der Waals surface area contributed by atoms with Crippen LogP contribution in [-0.4, -0.2) is 17.7 Å². The number of rotatable bonds is 3. The standard InChI is InChI=1S/C18H16N2O3/c1-19(14-11-7-4-8-12-14)17(21)16-15(18(22)23-20(16)2)13-9-5-3-6-10-13/h3-12H,1-2H3. The Morgan fingerprint density at radius 1 is 1.00 bits per heavy atom. The van der Waals surface area contributed by atoms with Gasteiger partial charge in [-0.15, -0.1) is 0 Å². The summed E-state index contributed by atoms with van der Waals surface area (Å²) in [6.45, 7) is 0. The maximum atomic E-state index is 12.9. The highest BCUT2D eigenvalue weighted by Gasteiger charge is 2.26. The normalized spacial score (nSPS) is 10.5. The largest absolute Gasteiger partial charge is 0.366 e. The average molecular weight is 308 g/mol. The van der Waals surface area contributed by atoms with Gasteiger partial charge in [-0.2, -0.15) is 0 Å². The molecule has 1 amide bonds. The number of hydrogen-bond acceptors (Lipinski definition) is 3. The lowest BCUT2D eigenvalue weighted by Crippen LogP contribution is -2.28. The molecule has 0 saturated carbocycles. The van der Waals surface area contributed by atoms with Crippen molar-refractivity contribution in [1.82, 2.24) is 4.74 Å². The van der Waals surface area contributed by atoms with Crippen LogP contribution >= 0.6 is 0 Å². The van der Waals surface area contributed by atoms with Crippen LogP contribution < -0.4 is 10.5 Å². The molecule has 0 unspecified atom stereocenters. The summed E-state index contributed by atoms with van der Waals surface area (Å²) >= 11 is 0. The fourth-order valence-electron chi connectivity index (χ4n) is 2.50. The van der Waals surface area contributed by atoms with Gasteiger partial charge in [0.25, 0.3) is 5.91 Å². The number of amides is 1. The van der Waals surface area contributed by atoms with Crippen molar-refractivity contribution in [3.05, 3.63) is 76.8 Å². The van der Waals surface area contributed by atoms with E-state index in [-0.39, 0.29) is 17.2 Å². The van der Waals surface area contributed by atoms with Gasteiger partial charge < -0.3 is 9.42 Å². The first-order chi connectivity index (χ1) is 11.1. The summed E-state index contributed by atoms with van der Waals surface area (Å²) in [4.78, 5) is 26.5. The minimum atomic E-state index is -0.525. The third kappa shape index (κ3) is 2.68. The number of benzene rings is 2. The van der Waals surface area contributed by atoms with Gasteiger partial charge in [-0.1, -0.05) is 48.5 Å². The first kappa shape index (κ1) is 14.8. The molecule has 2 aromatic carbocycles. The molecule has 0 N–H and O–H groups in total. The Kier molecular flexibility index (Phi) is 3.85. The molecule has 0 atom stereocenters. The second kappa shape index (κ2) is 5.96. The Labute approximate surface area is 133 Å². The van der Waals surface area contributed by atoms with Gasteiger partial charge in [-0.25, -0.2) is 9.53 Å². The van der Waals surface area contributed by atoms with Gasteiger partial charge in [0.2, 0.25) is 0 Å². The van der Waals surface area contributed by atoms with Crippen LogP contribution in [0.25, 0.3) is 11.1 Å². The number of para-hydroxylation sites is 1. The van der Waals surface area contributed by atoms with Crippen LogP contribution in [0.2, 0.25) is 0 Å². The predicted molar refractivity (Wildman–Crippen MR) is 88.6 cm³/mol. The van der Waals surface area contributed by atoms with E-state index in [1.165, 1.54) is 9.64 Å². The van der Waals surface area contributed by atoms with E-state index in [2.05, 4.69) is 0 Å². The fourth-order valence-corrected chi connectivity index (χ4v) is 2.50. The summed E-state index contributed by atoms with van der Waals surface area (Å²) < 4.78 is 6.35. The molecule has 1 aromatic heterocycles. The van der Waals surface area contributed by atoms with E-state index in [0.717, 1.165) is 5.69 Å². The van der Waals surface area contributed by atoms with Gasteiger partial charge in [0.05, 0.1) is 0 Å². The second-order valence-corrected chi connectivity index (χ2v) is 5.17. The SMILES string of the molecule is CN(C(=O)c1c(-c2ccccc2)c(=O)on1C)c1ccccc1. The molecule has 0 bridgehead atoms. The van der Waals surface area contributed by atoms with Gasteiger partial charge in [-0.05, 0) is 17.7 Å².